The standard InChI is InChI=1S/C20H28N2O2/c1-21(2)18(23)10-11-19(24)22-14-6-13-20(15-22)12-5-8-16-7-3-4-9-17(16)20/h3-4,7,9H,5-6,8,10-15H2,1-2H3. The largest absolute Gasteiger partial charge is 0.349 e. The molecule has 1 heterocycles. The lowest BCUT2D eigenvalue weighted by Gasteiger charge is -2.46. The molecule has 0 N–H and O–H groups in total. The van der Waals surface area contributed by atoms with Crippen molar-refractivity contribution >= 4 is 11.8 Å². The number of rotatable bonds is 3. The number of carbonyl (C=O) groups excluding carboxylic acids is 2. The molecule has 1 saturated heterocycles. The average molecular weight is 328 g/mol. The van der Waals surface area contributed by atoms with Gasteiger partial charge in [0.2, 0.25) is 11.8 Å². The Morgan fingerprint density at radius 1 is 1.12 bits per heavy atom. The zero-order chi connectivity index (χ0) is 17.2. The van der Waals surface area contributed by atoms with E-state index in [1.54, 1.807) is 19.0 Å². The van der Waals surface area contributed by atoms with Crippen LogP contribution in [-0.4, -0.2) is 48.8 Å². The van der Waals surface area contributed by atoms with Crippen molar-refractivity contribution in [2.45, 2.75) is 50.4 Å². The van der Waals surface area contributed by atoms with Crippen molar-refractivity contribution in [3.63, 3.8) is 0 Å². The van der Waals surface area contributed by atoms with E-state index >= 15 is 0 Å². The van der Waals surface area contributed by atoms with Crippen molar-refractivity contribution in [1.29, 1.82) is 0 Å². The Morgan fingerprint density at radius 3 is 2.67 bits per heavy atom. The van der Waals surface area contributed by atoms with E-state index in [2.05, 4.69) is 24.3 Å². The van der Waals surface area contributed by atoms with Gasteiger partial charge in [-0.15, -0.1) is 0 Å². The molecule has 1 aromatic carbocycles. The van der Waals surface area contributed by atoms with Gasteiger partial charge in [0.15, 0.2) is 0 Å². The number of hydrogen-bond donors (Lipinski definition) is 0. The van der Waals surface area contributed by atoms with Crippen molar-refractivity contribution in [2.75, 3.05) is 27.2 Å². The van der Waals surface area contributed by atoms with Crippen LogP contribution in [0.3, 0.4) is 0 Å². The fraction of sp³-hybridized carbons (Fsp3) is 0.600. The third-order valence-electron chi connectivity index (χ3n) is 5.67. The highest BCUT2D eigenvalue weighted by atomic mass is 16.2. The van der Waals surface area contributed by atoms with Crippen LogP contribution in [0.1, 0.15) is 49.7 Å². The molecule has 1 fully saturated rings. The molecule has 1 atom stereocenters. The number of carbonyl (C=O) groups is 2. The van der Waals surface area contributed by atoms with E-state index < -0.39 is 0 Å². The highest BCUT2D eigenvalue weighted by molar-refractivity contribution is 5.83. The maximum atomic E-state index is 12.6. The number of likely N-dealkylation sites (tertiary alicyclic amines) is 1. The zero-order valence-corrected chi connectivity index (χ0v) is 14.9. The van der Waals surface area contributed by atoms with Crippen LogP contribution in [-0.2, 0) is 21.4 Å². The van der Waals surface area contributed by atoms with Gasteiger partial charge in [-0.25, -0.2) is 0 Å². The zero-order valence-electron chi connectivity index (χ0n) is 14.9. The van der Waals surface area contributed by atoms with E-state index in [0.29, 0.717) is 12.8 Å². The van der Waals surface area contributed by atoms with Crippen LogP contribution in [0.2, 0.25) is 0 Å². The molecule has 1 spiro atoms. The minimum absolute atomic E-state index is 0.0260. The molecule has 2 amide bonds. The molecular weight excluding hydrogens is 300 g/mol. The normalized spacial score (nSPS) is 23.0. The van der Waals surface area contributed by atoms with Gasteiger partial charge in [-0.2, -0.15) is 0 Å². The lowest BCUT2D eigenvalue weighted by Crippen LogP contribution is -2.50. The van der Waals surface area contributed by atoms with Crippen molar-refractivity contribution in [3.05, 3.63) is 35.4 Å². The summed E-state index contributed by atoms with van der Waals surface area (Å²) in [5.41, 5.74) is 3.05. The van der Waals surface area contributed by atoms with E-state index in [0.717, 1.165) is 25.9 Å². The van der Waals surface area contributed by atoms with Crippen LogP contribution in [0.4, 0.5) is 0 Å². The number of amides is 2. The lowest BCUT2D eigenvalue weighted by molar-refractivity contribution is -0.137. The van der Waals surface area contributed by atoms with Gasteiger partial charge in [0.05, 0.1) is 0 Å². The Labute approximate surface area is 144 Å². The van der Waals surface area contributed by atoms with Crippen LogP contribution in [0.5, 0.6) is 0 Å². The monoisotopic (exact) mass is 328 g/mol. The molecule has 3 rings (SSSR count). The van der Waals surface area contributed by atoms with Crippen LogP contribution in [0, 0.1) is 0 Å². The molecule has 4 nitrogen and oxygen atoms in total. The quantitative estimate of drug-likeness (QED) is 0.856. The first-order valence-electron chi connectivity index (χ1n) is 9.08. The van der Waals surface area contributed by atoms with Crippen LogP contribution < -0.4 is 0 Å². The first-order valence-corrected chi connectivity index (χ1v) is 9.08. The SMILES string of the molecule is CN(C)C(=O)CCC(=O)N1CCCC2(CCCc3ccccc32)C1. The van der Waals surface area contributed by atoms with E-state index in [-0.39, 0.29) is 17.2 Å². The summed E-state index contributed by atoms with van der Waals surface area (Å²) in [5.74, 6) is 0.158. The van der Waals surface area contributed by atoms with E-state index in [1.807, 2.05) is 4.90 Å². The number of benzene rings is 1. The third kappa shape index (κ3) is 3.33. The number of piperidine rings is 1. The van der Waals surface area contributed by atoms with Crippen molar-refractivity contribution < 1.29 is 9.59 Å². The van der Waals surface area contributed by atoms with E-state index in [9.17, 15) is 9.59 Å². The lowest BCUT2D eigenvalue weighted by atomic mass is 9.66. The van der Waals surface area contributed by atoms with Gasteiger partial charge in [-0.3, -0.25) is 9.59 Å². The Kier molecular flexibility index (Phi) is 4.93. The minimum Gasteiger partial charge on any atom is -0.349 e. The molecule has 2 aliphatic rings. The summed E-state index contributed by atoms with van der Waals surface area (Å²) in [7, 11) is 3.48. The number of fused-ring (bicyclic) bond motifs is 2. The second-order valence-electron chi connectivity index (χ2n) is 7.50. The summed E-state index contributed by atoms with van der Waals surface area (Å²) in [6, 6.07) is 8.75. The van der Waals surface area contributed by atoms with Crippen LogP contribution in [0.25, 0.3) is 0 Å². The number of hydrogen-bond acceptors (Lipinski definition) is 2. The van der Waals surface area contributed by atoms with Gasteiger partial charge in [0, 0.05) is 45.4 Å². The van der Waals surface area contributed by atoms with Gasteiger partial charge in [-0.1, -0.05) is 24.3 Å². The Morgan fingerprint density at radius 2 is 1.88 bits per heavy atom. The fourth-order valence-electron chi connectivity index (χ4n) is 4.37. The highest BCUT2D eigenvalue weighted by Gasteiger charge is 2.41. The van der Waals surface area contributed by atoms with Crippen LogP contribution >= 0.6 is 0 Å². The smallest absolute Gasteiger partial charge is 0.223 e. The van der Waals surface area contributed by atoms with Gasteiger partial charge >= 0.3 is 0 Å². The molecule has 1 aliphatic heterocycles. The molecule has 24 heavy (non-hydrogen) atoms. The fourth-order valence-corrected chi connectivity index (χ4v) is 4.37. The first kappa shape index (κ1) is 17.0. The molecule has 1 unspecified atom stereocenters. The summed E-state index contributed by atoms with van der Waals surface area (Å²) in [6.07, 6.45) is 6.40. The van der Waals surface area contributed by atoms with Crippen molar-refractivity contribution in [3.8, 4) is 0 Å². The maximum absolute atomic E-state index is 12.6. The topological polar surface area (TPSA) is 40.6 Å². The summed E-state index contributed by atoms with van der Waals surface area (Å²) >= 11 is 0. The predicted octanol–water partition coefficient (Wildman–Crippen LogP) is 2.75. The average Bonchev–Trinajstić information content (AvgIpc) is 2.60. The molecule has 0 radical (unpaired) electrons. The Hall–Kier alpha value is -1.84. The molecule has 0 bridgehead atoms. The van der Waals surface area contributed by atoms with Gasteiger partial charge in [0.1, 0.15) is 0 Å². The predicted molar refractivity (Wildman–Crippen MR) is 94.8 cm³/mol. The summed E-state index contributed by atoms with van der Waals surface area (Å²) in [5, 5.41) is 0. The number of aryl methyl sites for hydroxylation is 1. The summed E-state index contributed by atoms with van der Waals surface area (Å²) in [6.45, 7) is 1.65. The molecule has 4 heteroatoms. The van der Waals surface area contributed by atoms with E-state index in [1.165, 1.54) is 30.4 Å². The molecule has 0 saturated carbocycles. The maximum Gasteiger partial charge on any atom is 0.223 e. The highest BCUT2D eigenvalue weighted by Crippen LogP contribution is 2.43. The molecule has 1 aromatic rings. The molecule has 1 aliphatic carbocycles. The minimum atomic E-state index is 0.0260. The van der Waals surface area contributed by atoms with Gasteiger partial charge < -0.3 is 9.80 Å². The second kappa shape index (κ2) is 6.96. The van der Waals surface area contributed by atoms with Gasteiger partial charge in [-0.05, 0) is 43.2 Å². The van der Waals surface area contributed by atoms with E-state index in [4.69, 9.17) is 0 Å². The summed E-state index contributed by atoms with van der Waals surface area (Å²) < 4.78 is 0. The Balaban J connectivity index is 1.71. The van der Waals surface area contributed by atoms with Crippen LogP contribution in [0.15, 0.2) is 24.3 Å². The second-order valence-corrected chi connectivity index (χ2v) is 7.50. The third-order valence-corrected chi connectivity index (χ3v) is 5.67. The molecule has 130 valence electrons. The first-order chi connectivity index (χ1) is 11.5. The number of nitrogens with zero attached hydrogens (tertiary/aromatic N) is 2. The molecule has 0 aromatic heterocycles. The Bertz CT molecular complexity index is 626. The van der Waals surface area contributed by atoms with Gasteiger partial charge in [0.25, 0.3) is 0 Å². The van der Waals surface area contributed by atoms with Crippen molar-refractivity contribution in [2.24, 2.45) is 0 Å². The van der Waals surface area contributed by atoms with Crippen molar-refractivity contribution in [1.82, 2.24) is 9.80 Å². The molecular formula is C20H28N2O2. The summed E-state index contributed by atoms with van der Waals surface area (Å²) in [4.78, 5) is 27.9.